The van der Waals surface area contributed by atoms with E-state index in [0.29, 0.717) is 51.3 Å². The number of cyclic esters (lactones) is 1. The molecule has 0 atom stereocenters. The Kier molecular flexibility index (Phi) is 4.78. The molecule has 3 aliphatic rings. The summed E-state index contributed by atoms with van der Waals surface area (Å²) in [5.74, 6) is -0.909. The van der Waals surface area contributed by atoms with Gasteiger partial charge >= 0.3 is 18.3 Å². The van der Waals surface area contributed by atoms with Crippen LogP contribution in [0.15, 0.2) is 12.3 Å². The summed E-state index contributed by atoms with van der Waals surface area (Å²) in [4.78, 5) is 30.8. The molecule has 0 aliphatic carbocycles. The highest BCUT2D eigenvalue weighted by atomic mass is 19.4. The van der Waals surface area contributed by atoms with E-state index in [4.69, 9.17) is 4.74 Å². The van der Waals surface area contributed by atoms with Gasteiger partial charge in [0.15, 0.2) is 0 Å². The molecule has 11 heteroatoms. The Morgan fingerprint density at radius 1 is 1.28 bits per heavy atom. The molecule has 4 heterocycles. The molecule has 1 N–H and O–H groups in total. The number of carbonyl (C=O) groups is 2. The smallest absolute Gasteiger partial charge is 0.417 e. The highest BCUT2D eigenvalue weighted by Gasteiger charge is 2.52. The van der Waals surface area contributed by atoms with Crippen molar-refractivity contribution < 1.29 is 31.9 Å². The van der Waals surface area contributed by atoms with Crippen LogP contribution in [-0.2, 0) is 17.3 Å². The van der Waals surface area contributed by atoms with E-state index in [9.17, 15) is 27.2 Å². The van der Waals surface area contributed by atoms with Gasteiger partial charge in [-0.1, -0.05) is 0 Å². The molecule has 0 aromatic carbocycles. The Morgan fingerprint density at radius 2 is 1.97 bits per heavy atom. The second-order valence-corrected chi connectivity index (χ2v) is 7.90. The molecule has 29 heavy (non-hydrogen) atoms. The van der Waals surface area contributed by atoms with Crippen molar-refractivity contribution in [2.75, 3.05) is 32.8 Å². The maximum atomic E-state index is 14.0. The molecule has 3 amide bonds. The SMILES string of the molecule is O=C1NC2(CO1)CN(C(=O)N1CCC(Cc3ncc(C(F)(F)F)cc3F)CC1)C2. The van der Waals surface area contributed by atoms with Gasteiger partial charge in [-0.15, -0.1) is 0 Å². The summed E-state index contributed by atoms with van der Waals surface area (Å²) in [6.07, 6.45) is -2.97. The number of amides is 3. The number of piperidine rings is 1. The van der Waals surface area contributed by atoms with Crippen LogP contribution in [0.5, 0.6) is 0 Å². The van der Waals surface area contributed by atoms with Crippen LogP contribution in [0, 0.1) is 11.7 Å². The zero-order valence-corrected chi connectivity index (χ0v) is 15.5. The molecule has 3 fully saturated rings. The van der Waals surface area contributed by atoms with E-state index in [1.165, 1.54) is 0 Å². The molecule has 1 aromatic rings. The highest BCUT2D eigenvalue weighted by Crippen LogP contribution is 2.31. The third-order valence-corrected chi connectivity index (χ3v) is 5.72. The average molecular weight is 416 g/mol. The van der Waals surface area contributed by atoms with Crippen LogP contribution < -0.4 is 5.32 Å². The number of nitrogens with one attached hydrogen (secondary N) is 1. The quantitative estimate of drug-likeness (QED) is 0.752. The van der Waals surface area contributed by atoms with Crippen molar-refractivity contribution >= 4 is 12.1 Å². The van der Waals surface area contributed by atoms with E-state index in [-0.39, 0.29) is 30.7 Å². The molecule has 3 saturated heterocycles. The topological polar surface area (TPSA) is 74.8 Å². The van der Waals surface area contributed by atoms with Crippen LogP contribution in [0.25, 0.3) is 0 Å². The number of pyridine rings is 1. The summed E-state index contributed by atoms with van der Waals surface area (Å²) in [5, 5.41) is 2.72. The number of alkyl halides is 3. The number of carbonyl (C=O) groups excluding carboxylic acids is 2. The van der Waals surface area contributed by atoms with Gasteiger partial charge in [-0.05, 0) is 31.2 Å². The van der Waals surface area contributed by atoms with Crippen molar-refractivity contribution in [1.29, 1.82) is 0 Å². The van der Waals surface area contributed by atoms with E-state index < -0.39 is 29.2 Å². The molecular formula is C18H20F4N4O3. The first-order valence-corrected chi connectivity index (χ1v) is 9.36. The summed E-state index contributed by atoms with van der Waals surface area (Å²) in [6.45, 7) is 2.02. The zero-order chi connectivity index (χ0) is 20.8. The summed E-state index contributed by atoms with van der Waals surface area (Å²) >= 11 is 0. The molecular weight excluding hydrogens is 396 g/mol. The lowest BCUT2D eigenvalue weighted by molar-refractivity contribution is -0.138. The van der Waals surface area contributed by atoms with Gasteiger partial charge in [-0.2, -0.15) is 13.2 Å². The largest absolute Gasteiger partial charge is 0.447 e. The van der Waals surface area contributed by atoms with Crippen molar-refractivity contribution in [2.45, 2.75) is 31.0 Å². The molecule has 0 radical (unpaired) electrons. The normalized spacial score (nSPS) is 21.7. The van der Waals surface area contributed by atoms with Crippen LogP contribution in [0.2, 0.25) is 0 Å². The average Bonchev–Trinajstić information content (AvgIpc) is 3.03. The lowest BCUT2D eigenvalue weighted by Crippen LogP contribution is -2.71. The Balaban J connectivity index is 1.27. The maximum absolute atomic E-state index is 14.0. The summed E-state index contributed by atoms with van der Waals surface area (Å²) in [5.41, 5.74) is -1.56. The maximum Gasteiger partial charge on any atom is 0.417 e. The lowest BCUT2D eigenvalue weighted by atomic mass is 9.90. The molecule has 4 rings (SSSR count). The van der Waals surface area contributed by atoms with Gasteiger partial charge in [0.25, 0.3) is 0 Å². The number of halogens is 4. The van der Waals surface area contributed by atoms with Gasteiger partial charge in [0.1, 0.15) is 18.0 Å². The van der Waals surface area contributed by atoms with Gasteiger partial charge in [0.05, 0.1) is 24.3 Å². The number of alkyl carbamates (subject to hydrolysis) is 1. The molecule has 0 saturated carbocycles. The van der Waals surface area contributed by atoms with Crippen molar-refractivity contribution in [3.8, 4) is 0 Å². The third-order valence-electron chi connectivity index (χ3n) is 5.72. The molecule has 1 aromatic heterocycles. The van der Waals surface area contributed by atoms with Gasteiger partial charge in [-0.3, -0.25) is 4.98 Å². The van der Waals surface area contributed by atoms with Crippen molar-refractivity contribution in [3.63, 3.8) is 0 Å². The van der Waals surface area contributed by atoms with Crippen LogP contribution in [-0.4, -0.2) is 65.2 Å². The molecule has 3 aliphatic heterocycles. The Morgan fingerprint density at radius 3 is 2.52 bits per heavy atom. The number of urea groups is 1. The molecule has 7 nitrogen and oxygen atoms in total. The Labute approximate surface area is 164 Å². The van der Waals surface area contributed by atoms with Crippen molar-refractivity contribution in [3.05, 3.63) is 29.3 Å². The summed E-state index contributed by atoms with van der Waals surface area (Å²) < 4.78 is 56.7. The third kappa shape index (κ3) is 3.95. The zero-order valence-electron chi connectivity index (χ0n) is 15.5. The first-order chi connectivity index (χ1) is 13.7. The Bertz CT molecular complexity index is 818. The van der Waals surface area contributed by atoms with Crippen LogP contribution in [0.1, 0.15) is 24.1 Å². The number of likely N-dealkylation sites (tertiary alicyclic amines) is 2. The number of nitrogens with zero attached hydrogens (tertiary/aromatic N) is 3. The minimum absolute atomic E-state index is 0.0180. The molecule has 158 valence electrons. The van der Waals surface area contributed by atoms with Crippen molar-refractivity contribution in [1.82, 2.24) is 20.1 Å². The van der Waals surface area contributed by atoms with Crippen LogP contribution >= 0.6 is 0 Å². The monoisotopic (exact) mass is 416 g/mol. The summed E-state index contributed by atoms with van der Waals surface area (Å²) in [7, 11) is 0. The molecule has 1 spiro atoms. The van der Waals surface area contributed by atoms with E-state index in [0.717, 1.165) is 0 Å². The molecule has 0 bridgehead atoms. The van der Waals surface area contributed by atoms with E-state index in [1.807, 2.05) is 0 Å². The highest BCUT2D eigenvalue weighted by molar-refractivity contribution is 5.78. The van der Waals surface area contributed by atoms with E-state index in [1.54, 1.807) is 9.80 Å². The first kappa shape index (κ1) is 19.7. The standard InChI is InChI=1S/C18H20F4N4O3/c19-13-6-12(18(20,21)22)7-23-14(13)5-11-1-3-25(4-2-11)16(28)26-8-17(9-26)10-29-15(27)24-17/h6-7,11H,1-5,8-10H2,(H,24,27). The first-order valence-electron chi connectivity index (χ1n) is 9.36. The Hall–Kier alpha value is -2.59. The lowest BCUT2D eigenvalue weighted by Gasteiger charge is -2.48. The number of ether oxygens (including phenoxy) is 1. The van der Waals surface area contributed by atoms with E-state index >= 15 is 0 Å². The second-order valence-electron chi connectivity index (χ2n) is 7.90. The minimum Gasteiger partial charge on any atom is -0.447 e. The second kappa shape index (κ2) is 7.03. The molecule has 0 unspecified atom stereocenters. The fourth-order valence-electron chi connectivity index (χ4n) is 4.06. The predicted octanol–water partition coefficient (Wildman–Crippen LogP) is 2.41. The number of hydrogen-bond donors (Lipinski definition) is 1. The fraction of sp³-hybridized carbons (Fsp3) is 0.611. The van der Waals surface area contributed by atoms with Gasteiger partial charge < -0.3 is 19.9 Å². The predicted molar refractivity (Wildman–Crippen MR) is 91.4 cm³/mol. The van der Waals surface area contributed by atoms with Gasteiger partial charge in [0.2, 0.25) is 0 Å². The number of aromatic nitrogens is 1. The van der Waals surface area contributed by atoms with Gasteiger partial charge in [-0.25, -0.2) is 14.0 Å². The van der Waals surface area contributed by atoms with E-state index in [2.05, 4.69) is 10.3 Å². The van der Waals surface area contributed by atoms with Crippen molar-refractivity contribution in [2.24, 2.45) is 5.92 Å². The number of hydrogen-bond acceptors (Lipinski definition) is 4. The number of rotatable bonds is 2. The minimum atomic E-state index is -4.62. The van der Waals surface area contributed by atoms with Crippen LogP contribution in [0.3, 0.4) is 0 Å². The fourth-order valence-corrected chi connectivity index (χ4v) is 4.06. The summed E-state index contributed by atoms with van der Waals surface area (Å²) in [6, 6.07) is 0.362. The van der Waals surface area contributed by atoms with Gasteiger partial charge in [0, 0.05) is 19.3 Å². The van der Waals surface area contributed by atoms with Crippen LogP contribution in [0.4, 0.5) is 27.2 Å².